The third-order valence-corrected chi connectivity index (χ3v) is 3.18. The molecule has 1 aliphatic rings. The second kappa shape index (κ2) is 6.84. The molecule has 0 aliphatic carbocycles. The minimum absolute atomic E-state index is 0.00153. The molecular weight excluding hydrogens is 234 g/mol. The number of urea groups is 1. The third-order valence-electron chi connectivity index (χ3n) is 3.18. The maximum atomic E-state index is 12.2. The van der Waals surface area contributed by atoms with Crippen molar-refractivity contribution in [1.82, 2.24) is 9.80 Å². The highest BCUT2D eigenvalue weighted by atomic mass is 16.4. The van der Waals surface area contributed by atoms with E-state index in [1.54, 1.807) is 9.80 Å². The Kier molecular flexibility index (Phi) is 5.43. The fourth-order valence-corrected chi connectivity index (χ4v) is 2.26. The summed E-state index contributed by atoms with van der Waals surface area (Å²) in [7, 11) is 0. The van der Waals surface area contributed by atoms with Crippen molar-refractivity contribution in [3.8, 4) is 6.07 Å². The van der Waals surface area contributed by atoms with Crippen LogP contribution in [0.25, 0.3) is 0 Å². The third kappa shape index (κ3) is 3.62. The van der Waals surface area contributed by atoms with Crippen LogP contribution in [0.1, 0.15) is 32.6 Å². The van der Waals surface area contributed by atoms with Gasteiger partial charge < -0.3 is 14.9 Å². The molecule has 1 N–H and O–H groups in total. The van der Waals surface area contributed by atoms with Gasteiger partial charge in [-0.05, 0) is 19.8 Å². The van der Waals surface area contributed by atoms with Crippen molar-refractivity contribution in [1.29, 1.82) is 5.26 Å². The highest BCUT2D eigenvalue weighted by molar-refractivity contribution is 5.76. The summed E-state index contributed by atoms with van der Waals surface area (Å²) in [5.74, 6) is -0.875. The smallest absolute Gasteiger partial charge is 0.320 e. The van der Waals surface area contributed by atoms with Gasteiger partial charge in [-0.15, -0.1) is 0 Å². The molecule has 0 aromatic heterocycles. The Labute approximate surface area is 107 Å². The van der Waals surface area contributed by atoms with Gasteiger partial charge >= 0.3 is 12.0 Å². The summed E-state index contributed by atoms with van der Waals surface area (Å²) < 4.78 is 0. The van der Waals surface area contributed by atoms with Crippen LogP contribution >= 0.6 is 0 Å². The lowest BCUT2D eigenvalue weighted by Gasteiger charge is -2.30. The molecule has 0 spiro atoms. The van der Waals surface area contributed by atoms with Crippen molar-refractivity contribution in [3.05, 3.63) is 0 Å². The number of hydrogen-bond acceptors (Lipinski definition) is 3. The van der Waals surface area contributed by atoms with Gasteiger partial charge in [0.2, 0.25) is 0 Å². The molecule has 1 aliphatic heterocycles. The molecular formula is C12H19N3O3. The SMILES string of the molecule is CCN(CCC#N)C(=O)N1CCCC1CC(=O)O. The number of hydrogen-bond donors (Lipinski definition) is 1. The van der Waals surface area contributed by atoms with Crippen molar-refractivity contribution in [2.45, 2.75) is 38.6 Å². The van der Waals surface area contributed by atoms with Crippen LogP contribution in [0.4, 0.5) is 4.79 Å². The zero-order valence-electron chi connectivity index (χ0n) is 10.6. The average Bonchev–Trinajstić information content (AvgIpc) is 2.77. The number of likely N-dealkylation sites (tertiary alicyclic amines) is 1. The first kappa shape index (κ1) is 14.3. The van der Waals surface area contributed by atoms with Crippen LogP contribution in [0.3, 0.4) is 0 Å². The van der Waals surface area contributed by atoms with E-state index in [-0.39, 0.29) is 18.5 Å². The monoisotopic (exact) mass is 253 g/mol. The Bertz CT molecular complexity index is 351. The van der Waals surface area contributed by atoms with E-state index in [1.165, 1.54) is 0 Å². The van der Waals surface area contributed by atoms with E-state index in [1.807, 2.05) is 13.0 Å². The molecule has 18 heavy (non-hydrogen) atoms. The molecule has 2 amide bonds. The van der Waals surface area contributed by atoms with Crippen LogP contribution in [-0.2, 0) is 4.79 Å². The van der Waals surface area contributed by atoms with Gasteiger partial charge in [0.1, 0.15) is 0 Å². The summed E-state index contributed by atoms with van der Waals surface area (Å²) in [4.78, 5) is 26.2. The maximum Gasteiger partial charge on any atom is 0.320 e. The molecule has 0 bridgehead atoms. The summed E-state index contributed by atoms with van der Waals surface area (Å²) in [6.45, 7) is 3.41. The Hall–Kier alpha value is -1.77. The molecule has 1 saturated heterocycles. The zero-order valence-corrected chi connectivity index (χ0v) is 10.6. The number of carbonyl (C=O) groups is 2. The lowest BCUT2D eigenvalue weighted by atomic mass is 10.1. The van der Waals surface area contributed by atoms with Crippen LogP contribution in [0, 0.1) is 11.3 Å². The molecule has 0 saturated carbocycles. The fourth-order valence-electron chi connectivity index (χ4n) is 2.26. The molecule has 1 unspecified atom stereocenters. The molecule has 1 atom stereocenters. The van der Waals surface area contributed by atoms with Gasteiger partial charge in [-0.1, -0.05) is 0 Å². The van der Waals surface area contributed by atoms with Gasteiger partial charge in [-0.2, -0.15) is 5.26 Å². The van der Waals surface area contributed by atoms with E-state index in [9.17, 15) is 9.59 Å². The van der Waals surface area contributed by atoms with Gasteiger partial charge in [0.25, 0.3) is 0 Å². The highest BCUT2D eigenvalue weighted by Gasteiger charge is 2.32. The van der Waals surface area contributed by atoms with Crippen LogP contribution in [-0.4, -0.2) is 52.6 Å². The second-order valence-corrected chi connectivity index (χ2v) is 4.36. The number of carboxylic acids is 1. The molecule has 0 aromatic rings. The van der Waals surface area contributed by atoms with E-state index in [4.69, 9.17) is 10.4 Å². The van der Waals surface area contributed by atoms with Crippen LogP contribution in [0.15, 0.2) is 0 Å². The quantitative estimate of drug-likeness (QED) is 0.799. The lowest BCUT2D eigenvalue weighted by molar-refractivity contribution is -0.138. The van der Waals surface area contributed by atoms with Gasteiger partial charge in [0.05, 0.1) is 18.9 Å². The van der Waals surface area contributed by atoms with Gasteiger partial charge in [-0.3, -0.25) is 4.79 Å². The Balaban J connectivity index is 2.63. The number of amides is 2. The standard InChI is InChI=1S/C12H19N3O3/c1-2-14(7-4-6-13)12(18)15-8-3-5-10(15)9-11(16)17/h10H,2-5,7-9H2,1H3,(H,16,17). The first-order valence-corrected chi connectivity index (χ1v) is 6.24. The Morgan fingerprint density at radius 3 is 2.83 bits per heavy atom. The van der Waals surface area contributed by atoms with Crippen molar-refractivity contribution < 1.29 is 14.7 Å². The van der Waals surface area contributed by atoms with Gasteiger partial charge in [0.15, 0.2) is 0 Å². The molecule has 1 rings (SSSR count). The summed E-state index contributed by atoms with van der Waals surface area (Å²) in [6, 6.07) is 1.67. The second-order valence-electron chi connectivity index (χ2n) is 4.36. The molecule has 6 heteroatoms. The van der Waals surface area contributed by atoms with E-state index < -0.39 is 5.97 Å². The highest BCUT2D eigenvalue weighted by Crippen LogP contribution is 2.21. The summed E-state index contributed by atoms with van der Waals surface area (Å²) >= 11 is 0. The van der Waals surface area contributed by atoms with Crippen molar-refractivity contribution in [2.75, 3.05) is 19.6 Å². The maximum absolute atomic E-state index is 12.2. The summed E-state index contributed by atoms with van der Waals surface area (Å²) in [5.41, 5.74) is 0. The Morgan fingerprint density at radius 2 is 2.28 bits per heavy atom. The molecule has 100 valence electrons. The van der Waals surface area contributed by atoms with Crippen molar-refractivity contribution >= 4 is 12.0 Å². The van der Waals surface area contributed by atoms with E-state index in [0.29, 0.717) is 26.1 Å². The van der Waals surface area contributed by atoms with Crippen molar-refractivity contribution in [2.24, 2.45) is 0 Å². The number of aliphatic carboxylic acids is 1. The zero-order chi connectivity index (χ0) is 13.5. The van der Waals surface area contributed by atoms with Crippen LogP contribution in [0.5, 0.6) is 0 Å². The van der Waals surface area contributed by atoms with E-state index >= 15 is 0 Å². The molecule has 1 heterocycles. The minimum Gasteiger partial charge on any atom is -0.481 e. The molecule has 1 fully saturated rings. The van der Waals surface area contributed by atoms with E-state index in [0.717, 1.165) is 12.8 Å². The predicted molar refractivity (Wildman–Crippen MR) is 64.9 cm³/mol. The lowest BCUT2D eigenvalue weighted by Crippen LogP contribution is -2.46. The summed E-state index contributed by atoms with van der Waals surface area (Å²) in [6.07, 6.45) is 1.89. The number of nitrogens with zero attached hydrogens (tertiary/aromatic N) is 3. The van der Waals surface area contributed by atoms with Gasteiger partial charge in [0, 0.05) is 25.7 Å². The van der Waals surface area contributed by atoms with Crippen LogP contribution in [0.2, 0.25) is 0 Å². The fraction of sp³-hybridized carbons (Fsp3) is 0.750. The first-order valence-electron chi connectivity index (χ1n) is 6.24. The molecule has 6 nitrogen and oxygen atoms in total. The van der Waals surface area contributed by atoms with Crippen LogP contribution < -0.4 is 0 Å². The number of rotatable bonds is 5. The number of carboxylic acid groups (broad SMARTS) is 1. The summed E-state index contributed by atoms with van der Waals surface area (Å²) in [5, 5.41) is 17.4. The normalized spacial score (nSPS) is 18.4. The van der Waals surface area contributed by atoms with Gasteiger partial charge in [-0.25, -0.2) is 4.79 Å². The number of carbonyl (C=O) groups excluding carboxylic acids is 1. The number of nitriles is 1. The Morgan fingerprint density at radius 1 is 1.56 bits per heavy atom. The predicted octanol–water partition coefficient (Wildman–Crippen LogP) is 1.28. The largest absolute Gasteiger partial charge is 0.481 e. The first-order chi connectivity index (χ1) is 8.60. The van der Waals surface area contributed by atoms with E-state index in [2.05, 4.69) is 0 Å². The average molecular weight is 253 g/mol. The van der Waals surface area contributed by atoms with Crippen molar-refractivity contribution in [3.63, 3.8) is 0 Å². The molecule has 0 aromatic carbocycles. The minimum atomic E-state index is -0.875. The topological polar surface area (TPSA) is 84.6 Å². The molecule has 0 radical (unpaired) electrons.